The second-order valence-electron chi connectivity index (χ2n) is 7.92. The van der Waals surface area contributed by atoms with Gasteiger partial charge in [-0.1, -0.05) is 30.3 Å². The van der Waals surface area contributed by atoms with Crippen molar-refractivity contribution in [3.63, 3.8) is 0 Å². The van der Waals surface area contributed by atoms with Crippen LogP contribution in [0.1, 0.15) is 22.3 Å². The second-order valence-corrected chi connectivity index (χ2v) is 9.97. The topological polar surface area (TPSA) is 93.2 Å². The maximum atomic E-state index is 12.8. The first-order valence-corrected chi connectivity index (χ1v) is 12.0. The summed E-state index contributed by atoms with van der Waals surface area (Å²) in [6.45, 7) is 1.04. The van der Waals surface area contributed by atoms with Crippen molar-refractivity contribution in [2.75, 3.05) is 39.9 Å². The van der Waals surface area contributed by atoms with Gasteiger partial charge in [-0.15, -0.1) is 0 Å². The summed E-state index contributed by atoms with van der Waals surface area (Å²) < 4.78 is 38.1. The number of ketones is 1. The molecule has 0 radical (unpaired) electrons. The van der Waals surface area contributed by atoms with Crippen molar-refractivity contribution in [1.82, 2.24) is 9.21 Å². The van der Waals surface area contributed by atoms with Crippen LogP contribution < -0.4 is 4.74 Å². The Morgan fingerprint density at radius 2 is 1.94 bits per heavy atom. The Hall–Kier alpha value is -2.75. The van der Waals surface area contributed by atoms with Crippen LogP contribution in [0.4, 0.5) is 0 Å². The lowest BCUT2D eigenvalue weighted by Gasteiger charge is -2.33. The zero-order valence-electron chi connectivity index (χ0n) is 17.9. The fraction of sp³-hybridized carbons (Fsp3) is 0.391. The molecule has 0 aromatic heterocycles. The summed E-state index contributed by atoms with van der Waals surface area (Å²) in [7, 11) is -2.34. The fourth-order valence-corrected chi connectivity index (χ4v) is 5.11. The van der Waals surface area contributed by atoms with E-state index in [0.29, 0.717) is 43.9 Å². The average Bonchev–Trinajstić information content (AvgIpc) is 3.19. The Balaban J connectivity index is 1.34. The molecule has 0 saturated carbocycles. The van der Waals surface area contributed by atoms with Crippen LogP contribution in [0.3, 0.4) is 0 Å². The lowest BCUT2D eigenvalue weighted by Crippen LogP contribution is -2.50. The van der Waals surface area contributed by atoms with Gasteiger partial charge < -0.3 is 14.4 Å². The van der Waals surface area contributed by atoms with Crippen molar-refractivity contribution >= 4 is 21.7 Å². The standard InChI is InChI=1S/C23H26N2O6S/c1-24(32(28,29)18-6-3-2-4-7-18)15-23(27)25-12-13-30-17(14-25)16-31-22-9-5-8-19-20(22)10-11-21(19)26/h2-9,17H,10-16H2,1H3. The number of hydrogen-bond acceptors (Lipinski definition) is 6. The Morgan fingerprint density at radius 1 is 1.16 bits per heavy atom. The maximum absolute atomic E-state index is 12.8. The van der Waals surface area contributed by atoms with Crippen molar-refractivity contribution in [3.8, 4) is 5.75 Å². The average molecular weight is 459 g/mol. The van der Waals surface area contributed by atoms with Gasteiger partial charge in [-0.05, 0) is 24.6 Å². The van der Waals surface area contributed by atoms with Crippen molar-refractivity contribution in [2.24, 2.45) is 0 Å². The van der Waals surface area contributed by atoms with E-state index < -0.39 is 10.0 Å². The number of carbonyl (C=O) groups excluding carboxylic acids is 2. The molecule has 1 aliphatic heterocycles. The minimum absolute atomic E-state index is 0.130. The molecule has 1 heterocycles. The van der Waals surface area contributed by atoms with Gasteiger partial charge in [-0.3, -0.25) is 9.59 Å². The Labute approximate surface area is 187 Å². The van der Waals surface area contributed by atoms with Gasteiger partial charge in [0.2, 0.25) is 15.9 Å². The molecule has 2 aliphatic rings. The molecule has 1 atom stereocenters. The lowest BCUT2D eigenvalue weighted by molar-refractivity contribution is -0.139. The number of benzene rings is 2. The number of carbonyl (C=O) groups is 2. The smallest absolute Gasteiger partial charge is 0.243 e. The van der Waals surface area contributed by atoms with Crippen LogP contribution in [-0.2, 0) is 26.0 Å². The van der Waals surface area contributed by atoms with E-state index in [0.717, 1.165) is 9.87 Å². The number of sulfonamides is 1. The molecule has 1 amide bonds. The molecule has 1 aliphatic carbocycles. The zero-order valence-corrected chi connectivity index (χ0v) is 18.7. The highest BCUT2D eigenvalue weighted by atomic mass is 32.2. The minimum Gasteiger partial charge on any atom is -0.491 e. The molecule has 8 nitrogen and oxygen atoms in total. The quantitative estimate of drug-likeness (QED) is 0.628. The normalized spacial score (nSPS) is 18.6. The Bertz CT molecular complexity index is 1100. The third-order valence-corrected chi connectivity index (χ3v) is 7.58. The minimum atomic E-state index is -3.74. The third kappa shape index (κ3) is 4.69. The van der Waals surface area contributed by atoms with E-state index in [-0.39, 0.29) is 35.8 Å². The Morgan fingerprint density at radius 3 is 2.72 bits per heavy atom. The number of ether oxygens (including phenoxy) is 2. The van der Waals surface area contributed by atoms with Gasteiger partial charge in [0, 0.05) is 31.1 Å². The van der Waals surface area contributed by atoms with Gasteiger partial charge in [0.15, 0.2) is 5.78 Å². The molecule has 170 valence electrons. The molecule has 1 fully saturated rings. The summed E-state index contributed by atoms with van der Waals surface area (Å²) >= 11 is 0. The van der Waals surface area contributed by atoms with Crippen LogP contribution in [0.2, 0.25) is 0 Å². The monoisotopic (exact) mass is 458 g/mol. The number of nitrogens with zero attached hydrogens (tertiary/aromatic N) is 2. The highest BCUT2D eigenvalue weighted by molar-refractivity contribution is 7.89. The predicted molar refractivity (Wildman–Crippen MR) is 117 cm³/mol. The van der Waals surface area contributed by atoms with Crippen LogP contribution in [0.25, 0.3) is 0 Å². The number of likely N-dealkylation sites (N-methyl/N-ethyl adjacent to an activating group) is 1. The highest BCUT2D eigenvalue weighted by Gasteiger charge is 2.29. The third-order valence-electron chi connectivity index (χ3n) is 5.76. The lowest BCUT2D eigenvalue weighted by atomic mass is 10.1. The number of fused-ring (bicyclic) bond motifs is 1. The molecule has 32 heavy (non-hydrogen) atoms. The number of Topliss-reactive ketones (excluding diaryl/α,β-unsaturated/α-hetero) is 1. The molecule has 1 unspecified atom stereocenters. The first-order valence-electron chi connectivity index (χ1n) is 10.5. The van der Waals surface area contributed by atoms with E-state index in [9.17, 15) is 18.0 Å². The van der Waals surface area contributed by atoms with E-state index in [2.05, 4.69) is 0 Å². The summed E-state index contributed by atoms with van der Waals surface area (Å²) in [5, 5.41) is 0. The fourth-order valence-electron chi connectivity index (χ4n) is 3.97. The van der Waals surface area contributed by atoms with Crippen LogP contribution in [0.5, 0.6) is 5.75 Å². The largest absolute Gasteiger partial charge is 0.491 e. The van der Waals surface area contributed by atoms with Crippen LogP contribution in [0.15, 0.2) is 53.4 Å². The summed E-state index contributed by atoms with van der Waals surface area (Å²) in [5.41, 5.74) is 1.64. The highest BCUT2D eigenvalue weighted by Crippen LogP contribution is 2.30. The van der Waals surface area contributed by atoms with E-state index in [1.165, 1.54) is 19.2 Å². The van der Waals surface area contributed by atoms with Crippen LogP contribution >= 0.6 is 0 Å². The van der Waals surface area contributed by atoms with Gasteiger partial charge >= 0.3 is 0 Å². The number of amides is 1. The Kier molecular flexibility index (Phi) is 6.59. The molecule has 0 spiro atoms. The van der Waals surface area contributed by atoms with Crippen molar-refractivity contribution < 1.29 is 27.5 Å². The summed E-state index contributed by atoms with van der Waals surface area (Å²) in [6.07, 6.45) is 0.830. The van der Waals surface area contributed by atoms with Crippen molar-refractivity contribution in [2.45, 2.75) is 23.8 Å². The summed E-state index contributed by atoms with van der Waals surface area (Å²) in [4.78, 5) is 26.5. The van der Waals surface area contributed by atoms with E-state index in [4.69, 9.17) is 9.47 Å². The zero-order chi connectivity index (χ0) is 22.7. The number of rotatable bonds is 7. The van der Waals surface area contributed by atoms with Gasteiger partial charge in [0.25, 0.3) is 0 Å². The predicted octanol–water partition coefficient (Wildman–Crippen LogP) is 1.74. The number of morpholine rings is 1. The molecule has 0 bridgehead atoms. The molecule has 0 N–H and O–H groups in total. The molecular formula is C23H26N2O6S. The van der Waals surface area contributed by atoms with E-state index in [1.807, 2.05) is 12.1 Å². The summed E-state index contributed by atoms with van der Waals surface area (Å²) in [6, 6.07) is 13.5. The van der Waals surface area contributed by atoms with Gasteiger partial charge in [-0.25, -0.2) is 8.42 Å². The van der Waals surface area contributed by atoms with Crippen LogP contribution in [-0.4, -0.2) is 75.3 Å². The molecule has 2 aromatic rings. The molecule has 9 heteroatoms. The number of hydrogen-bond donors (Lipinski definition) is 0. The van der Waals surface area contributed by atoms with Crippen molar-refractivity contribution in [1.29, 1.82) is 0 Å². The molecule has 1 saturated heterocycles. The SMILES string of the molecule is CN(CC(=O)N1CCOC(COc2cccc3c2CCC3=O)C1)S(=O)(=O)c1ccccc1. The molecule has 4 rings (SSSR count). The van der Waals surface area contributed by atoms with Crippen LogP contribution in [0, 0.1) is 0 Å². The first-order chi connectivity index (χ1) is 15.4. The molecule has 2 aromatic carbocycles. The van der Waals surface area contributed by atoms with Gasteiger partial charge in [0.05, 0.1) is 24.6 Å². The molecular weight excluding hydrogens is 432 g/mol. The summed E-state index contributed by atoms with van der Waals surface area (Å²) in [5.74, 6) is 0.520. The second kappa shape index (κ2) is 9.40. The van der Waals surface area contributed by atoms with E-state index in [1.54, 1.807) is 29.2 Å². The van der Waals surface area contributed by atoms with Gasteiger partial charge in [0.1, 0.15) is 18.5 Å². The maximum Gasteiger partial charge on any atom is 0.243 e. The van der Waals surface area contributed by atoms with Gasteiger partial charge in [-0.2, -0.15) is 4.31 Å². The van der Waals surface area contributed by atoms with E-state index >= 15 is 0 Å². The first kappa shape index (κ1) is 22.4. The van der Waals surface area contributed by atoms with Crippen molar-refractivity contribution in [3.05, 3.63) is 59.7 Å².